The molecule has 0 fully saturated rings. The minimum atomic E-state index is -0.212. The zero-order valence-electron chi connectivity index (χ0n) is 11.1. The van der Waals surface area contributed by atoms with E-state index in [1.54, 1.807) is 19.1 Å². The Morgan fingerprint density at radius 2 is 2.16 bits per heavy atom. The minimum absolute atomic E-state index is 0.0164. The van der Waals surface area contributed by atoms with Crippen molar-refractivity contribution in [1.82, 2.24) is 4.90 Å². The number of benzene rings is 1. The van der Waals surface area contributed by atoms with E-state index >= 15 is 0 Å². The molecule has 6 nitrogen and oxygen atoms in total. The Labute approximate surface area is 112 Å². The van der Waals surface area contributed by atoms with Gasteiger partial charge < -0.3 is 20.9 Å². The lowest BCUT2D eigenvalue weighted by atomic mass is 10.1. The monoisotopic (exact) mass is 265 g/mol. The van der Waals surface area contributed by atoms with Gasteiger partial charge in [-0.1, -0.05) is 12.1 Å². The largest absolute Gasteiger partial charge is 0.508 e. The molecule has 104 valence electrons. The van der Waals surface area contributed by atoms with Crippen LogP contribution in [0.4, 0.5) is 0 Å². The molecular weight excluding hydrogens is 246 g/mol. The van der Waals surface area contributed by atoms with E-state index in [-0.39, 0.29) is 24.0 Å². The number of amidine groups is 1. The van der Waals surface area contributed by atoms with Crippen molar-refractivity contribution in [2.45, 2.75) is 20.3 Å². The maximum Gasteiger partial charge on any atom is 0.254 e. The molecule has 0 aromatic heterocycles. The van der Waals surface area contributed by atoms with Gasteiger partial charge in [0, 0.05) is 12.1 Å². The van der Waals surface area contributed by atoms with Crippen molar-refractivity contribution in [2.24, 2.45) is 10.9 Å². The number of aromatic hydroxyl groups is 1. The van der Waals surface area contributed by atoms with Crippen molar-refractivity contribution in [2.75, 3.05) is 13.1 Å². The normalized spacial score (nSPS) is 11.4. The Morgan fingerprint density at radius 3 is 2.68 bits per heavy atom. The highest BCUT2D eigenvalue weighted by molar-refractivity contribution is 5.97. The molecule has 0 saturated heterocycles. The van der Waals surface area contributed by atoms with Gasteiger partial charge in [-0.25, -0.2) is 0 Å². The summed E-state index contributed by atoms with van der Waals surface area (Å²) < 4.78 is 0. The van der Waals surface area contributed by atoms with Crippen molar-refractivity contribution < 1.29 is 15.1 Å². The molecule has 1 aromatic carbocycles. The number of phenolic OH excluding ortho intramolecular Hbond substituents is 1. The molecule has 1 rings (SSSR count). The Balaban J connectivity index is 2.95. The number of carbonyl (C=O) groups excluding carboxylic acids is 1. The number of carbonyl (C=O) groups is 1. The molecule has 0 heterocycles. The standard InChI is InChI=1S/C13H19N3O3/c1-3-6-16(8-12(14)15-19)13(18)10-4-5-11(17)9(2)7-10/h4-5,7,17,19H,3,6,8H2,1-2H3,(H2,14,15). The molecule has 0 aliphatic carbocycles. The number of rotatable bonds is 5. The molecule has 0 aliphatic heterocycles. The Hall–Kier alpha value is -2.24. The van der Waals surface area contributed by atoms with Crippen molar-refractivity contribution in [3.05, 3.63) is 29.3 Å². The SMILES string of the molecule is CCCN(C/C(N)=N/O)C(=O)c1ccc(O)c(C)c1. The maximum atomic E-state index is 12.3. The van der Waals surface area contributed by atoms with Gasteiger partial charge in [-0.3, -0.25) is 4.79 Å². The van der Waals surface area contributed by atoms with Crippen LogP contribution in [0, 0.1) is 6.92 Å². The predicted octanol–water partition coefficient (Wildman–Crippen LogP) is 1.30. The summed E-state index contributed by atoms with van der Waals surface area (Å²) in [5.74, 6) is -0.0797. The number of hydrogen-bond donors (Lipinski definition) is 3. The van der Waals surface area contributed by atoms with E-state index in [4.69, 9.17) is 10.9 Å². The van der Waals surface area contributed by atoms with E-state index in [2.05, 4.69) is 5.16 Å². The average Bonchev–Trinajstić information content (AvgIpc) is 2.40. The van der Waals surface area contributed by atoms with Crippen LogP contribution in [0.1, 0.15) is 29.3 Å². The highest BCUT2D eigenvalue weighted by Gasteiger charge is 2.17. The van der Waals surface area contributed by atoms with Crippen LogP contribution in [0.3, 0.4) is 0 Å². The summed E-state index contributed by atoms with van der Waals surface area (Å²) in [6, 6.07) is 4.66. The summed E-state index contributed by atoms with van der Waals surface area (Å²) in [4.78, 5) is 13.8. The van der Waals surface area contributed by atoms with Gasteiger partial charge in [-0.05, 0) is 37.1 Å². The Bertz CT molecular complexity index is 486. The number of amides is 1. The number of aryl methyl sites for hydroxylation is 1. The zero-order valence-corrected chi connectivity index (χ0v) is 11.1. The quantitative estimate of drug-likeness (QED) is 0.323. The molecule has 6 heteroatoms. The molecule has 0 saturated carbocycles. The van der Waals surface area contributed by atoms with Gasteiger partial charge in [0.1, 0.15) is 5.75 Å². The van der Waals surface area contributed by atoms with E-state index in [9.17, 15) is 9.90 Å². The number of nitrogens with zero attached hydrogens (tertiary/aromatic N) is 2. The van der Waals surface area contributed by atoms with Crippen LogP contribution in [0.25, 0.3) is 0 Å². The number of phenols is 1. The molecule has 0 spiro atoms. The van der Waals surface area contributed by atoms with Gasteiger partial charge >= 0.3 is 0 Å². The van der Waals surface area contributed by atoms with Crippen molar-refractivity contribution >= 4 is 11.7 Å². The third-order valence-electron chi connectivity index (χ3n) is 2.71. The first-order chi connectivity index (χ1) is 8.99. The second kappa shape index (κ2) is 6.63. The highest BCUT2D eigenvalue weighted by Crippen LogP contribution is 2.18. The van der Waals surface area contributed by atoms with E-state index in [1.807, 2.05) is 6.92 Å². The molecule has 0 aliphatic rings. The average molecular weight is 265 g/mol. The number of nitrogens with two attached hydrogens (primary N) is 1. The molecule has 19 heavy (non-hydrogen) atoms. The summed E-state index contributed by atoms with van der Waals surface area (Å²) in [7, 11) is 0. The first-order valence-electron chi connectivity index (χ1n) is 6.04. The van der Waals surface area contributed by atoms with Crippen LogP contribution in [0.2, 0.25) is 0 Å². The van der Waals surface area contributed by atoms with E-state index in [1.165, 1.54) is 11.0 Å². The summed E-state index contributed by atoms with van der Waals surface area (Å²) >= 11 is 0. The molecule has 0 bridgehead atoms. The third-order valence-corrected chi connectivity index (χ3v) is 2.71. The minimum Gasteiger partial charge on any atom is -0.508 e. The molecule has 1 aromatic rings. The molecule has 0 radical (unpaired) electrons. The molecular formula is C13H19N3O3. The van der Waals surface area contributed by atoms with Gasteiger partial charge in [0.2, 0.25) is 0 Å². The smallest absolute Gasteiger partial charge is 0.254 e. The Morgan fingerprint density at radius 1 is 1.47 bits per heavy atom. The van der Waals surface area contributed by atoms with Gasteiger partial charge in [-0.15, -0.1) is 0 Å². The van der Waals surface area contributed by atoms with Crippen molar-refractivity contribution in [1.29, 1.82) is 0 Å². The lowest BCUT2D eigenvalue weighted by Crippen LogP contribution is -2.39. The fourth-order valence-electron chi connectivity index (χ4n) is 1.72. The second-order valence-electron chi connectivity index (χ2n) is 4.32. The van der Waals surface area contributed by atoms with Crippen LogP contribution in [-0.4, -0.2) is 40.0 Å². The first kappa shape index (κ1) is 14.8. The zero-order chi connectivity index (χ0) is 14.4. The van der Waals surface area contributed by atoms with Crippen molar-refractivity contribution in [3.8, 4) is 5.75 Å². The van der Waals surface area contributed by atoms with Gasteiger partial charge in [0.05, 0.1) is 6.54 Å². The predicted molar refractivity (Wildman–Crippen MR) is 72.4 cm³/mol. The lowest BCUT2D eigenvalue weighted by molar-refractivity contribution is 0.0778. The van der Waals surface area contributed by atoms with Gasteiger partial charge in [0.25, 0.3) is 5.91 Å². The fourth-order valence-corrected chi connectivity index (χ4v) is 1.72. The molecule has 1 amide bonds. The number of hydrogen-bond acceptors (Lipinski definition) is 4. The molecule has 0 atom stereocenters. The number of oxime groups is 1. The molecule has 0 unspecified atom stereocenters. The summed E-state index contributed by atoms with van der Waals surface area (Å²) in [5.41, 5.74) is 6.54. The van der Waals surface area contributed by atoms with E-state index in [0.717, 1.165) is 6.42 Å². The van der Waals surface area contributed by atoms with Gasteiger partial charge in [-0.2, -0.15) is 0 Å². The van der Waals surface area contributed by atoms with Gasteiger partial charge in [0.15, 0.2) is 5.84 Å². The summed E-state index contributed by atoms with van der Waals surface area (Å²) in [6.07, 6.45) is 0.765. The van der Waals surface area contributed by atoms with Crippen LogP contribution < -0.4 is 5.73 Å². The van der Waals surface area contributed by atoms with Crippen LogP contribution in [-0.2, 0) is 0 Å². The van der Waals surface area contributed by atoms with E-state index < -0.39 is 0 Å². The second-order valence-corrected chi connectivity index (χ2v) is 4.32. The van der Waals surface area contributed by atoms with E-state index in [0.29, 0.717) is 17.7 Å². The third kappa shape index (κ3) is 3.87. The Kier molecular flexibility index (Phi) is 5.17. The highest BCUT2D eigenvalue weighted by atomic mass is 16.4. The first-order valence-corrected chi connectivity index (χ1v) is 6.04. The van der Waals surface area contributed by atoms with Crippen LogP contribution in [0.5, 0.6) is 5.75 Å². The maximum absolute atomic E-state index is 12.3. The molecule has 4 N–H and O–H groups in total. The van der Waals surface area contributed by atoms with Crippen LogP contribution >= 0.6 is 0 Å². The topological polar surface area (TPSA) is 99.1 Å². The summed E-state index contributed by atoms with van der Waals surface area (Å²) in [6.45, 7) is 4.24. The lowest BCUT2D eigenvalue weighted by Gasteiger charge is -2.21. The fraction of sp³-hybridized carbons (Fsp3) is 0.385. The van der Waals surface area contributed by atoms with Crippen LogP contribution in [0.15, 0.2) is 23.4 Å². The summed E-state index contributed by atoms with van der Waals surface area (Å²) in [5, 5.41) is 20.9. The van der Waals surface area contributed by atoms with Crippen molar-refractivity contribution in [3.63, 3.8) is 0 Å².